The zero-order valence-corrected chi connectivity index (χ0v) is 19.8. The van der Waals surface area contributed by atoms with Gasteiger partial charge < -0.3 is 10.2 Å². The molecule has 0 aliphatic carbocycles. The maximum atomic E-state index is 13.6. The first kappa shape index (κ1) is 23.6. The molecule has 4 aromatic rings. The van der Waals surface area contributed by atoms with Gasteiger partial charge in [-0.15, -0.1) is 0 Å². The highest BCUT2D eigenvalue weighted by Gasteiger charge is 2.20. The van der Waals surface area contributed by atoms with Gasteiger partial charge in [0.15, 0.2) is 0 Å². The van der Waals surface area contributed by atoms with Crippen molar-refractivity contribution in [2.45, 2.75) is 13.0 Å². The Morgan fingerprint density at radius 2 is 1.78 bits per heavy atom. The summed E-state index contributed by atoms with van der Waals surface area (Å²) < 4.78 is 14.8. The van der Waals surface area contributed by atoms with Crippen molar-refractivity contribution >= 4 is 28.2 Å². The fourth-order valence-corrected chi connectivity index (χ4v) is 4.49. The van der Waals surface area contributed by atoms with E-state index in [9.17, 15) is 14.0 Å². The molecule has 1 fully saturated rings. The number of nitrogens with one attached hydrogen (secondary N) is 1. The Morgan fingerprint density at radius 1 is 1.00 bits per heavy atom. The van der Waals surface area contributed by atoms with Crippen LogP contribution in [0.25, 0.3) is 10.9 Å². The molecule has 0 radical (unpaired) electrons. The molecule has 36 heavy (non-hydrogen) atoms. The molecule has 0 unspecified atom stereocenters. The highest BCUT2D eigenvalue weighted by atomic mass is 19.1. The highest BCUT2D eigenvalue weighted by molar-refractivity contribution is 5.94. The normalized spacial score (nSPS) is 14.2. The van der Waals surface area contributed by atoms with Crippen molar-refractivity contribution in [1.82, 2.24) is 19.4 Å². The summed E-state index contributed by atoms with van der Waals surface area (Å²) in [5, 5.41) is 3.08. The third-order valence-electron chi connectivity index (χ3n) is 6.46. The number of anilines is 2. The summed E-state index contributed by atoms with van der Waals surface area (Å²) in [6.07, 6.45) is 5.96. The molecule has 1 amide bonds. The van der Waals surface area contributed by atoms with Crippen LogP contribution in [0.3, 0.4) is 0 Å². The average molecular weight is 487 g/mol. The van der Waals surface area contributed by atoms with Gasteiger partial charge >= 0.3 is 0 Å². The molecule has 1 N–H and O–H groups in total. The summed E-state index contributed by atoms with van der Waals surface area (Å²) in [6, 6.07) is 15.6. The SMILES string of the molecule is O=C(Cn1cnc2ccc(F)cc2c1=O)Nc1ccccc1N1CCN(CCc2ccncc2)CC1. The Morgan fingerprint density at radius 3 is 2.58 bits per heavy atom. The number of piperazine rings is 1. The lowest BCUT2D eigenvalue weighted by atomic mass is 10.1. The number of fused-ring (bicyclic) bond motifs is 1. The summed E-state index contributed by atoms with van der Waals surface area (Å²) in [6.45, 7) is 4.35. The van der Waals surface area contributed by atoms with E-state index in [1.54, 1.807) is 0 Å². The molecule has 0 atom stereocenters. The zero-order valence-electron chi connectivity index (χ0n) is 19.8. The second-order valence-corrected chi connectivity index (χ2v) is 8.84. The Bertz CT molecular complexity index is 1420. The lowest BCUT2D eigenvalue weighted by Crippen LogP contribution is -2.47. The number of carbonyl (C=O) groups excluding carboxylic acids is 1. The molecule has 1 aliphatic heterocycles. The molecule has 1 aliphatic rings. The van der Waals surface area contributed by atoms with E-state index in [1.165, 1.54) is 28.6 Å². The van der Waals surface area contributed by atoms with Crippen LogP contribution in [0.5, 0.6) is 0 Å². The van der Waals surface area contributed by atoms with E-state index in [0.29, 0.717) is 11.2 Å². The number of carbonyl (C=O) groups is 1. The molecule has 5 rings (SSSR count). The first-order valence-corrected chi connectivity index (χ1v) is 12.0. The Hall–Kier alpha value is -4.11. The second-order valence-electron chi connectivity index (χ2n) is 8.84. The Kier molecular flexibility index (Phi) is 6.99. The van der Waals surface area contributed by atoms with Gasteiger partial charge in [0, 0.05) is 45.1 Å². The average Bonchev–Trinajstić information content (AvgIpc) is 2.91. The maximum absolute atomic E-state index is 13.6. The van der Waals surface area contributed by atoms with Gasteiger partial charge in [-0.2, -0.15) is 0 Å². The predicted octanol–water partition coefficient (Wildman–Crippen LogP) is 2.93. The molecule has 0 spiro atoms. The summed E-state index contributed by atoms with van der Waals surface area (Å²) in [4.78, 5) is 38.5. The molecular weight excluding hydrogens is 459 g/mol. The Labute approximate surface area is 208 Å². The van der Waals surface area contributed by atoms with Crippen molar-refractivity contribution in [1.29, 1.82) is 0 Å². The maximum Gasteiger partial charge on any atom is 0.261 e. The lowest BCUT2D eigenvalue weighted by molar-refractivity contribution is -0.116. The molecule has 184 valence electrons. The standard InChI is InChI=1S/C27H27FN6O2/c28-21-5-6-23-22(17-21)27(36)34(19-30-23)18-26(35)31-24-3-1-2-4-25(24)33-15-13-32(14-16-33)12-9-20-7-10-29-11-8-20/h1-8,10-11,17,19H,9,12-16,18H2,(H,31,35). The van der Waals surface area contributed by atoms with Gasteiger partial charge in [0.1, 0.15) is 12.4 Å². The van der Waals surface area contributed by atoms with Crippen LogP contribution in [0.4, 0.5) is 15.8 Å². The van der Waals surface area contributed by atoms with E-state index in [2.05, 4.69) is 37.2 Å². The Balaban J connectivity index is 1.22. The number of amides is 1. The number of hydrogen-bond donors (Lipinski definition) is 1. The third kappa shape index (κ3) is 5.41. The number of pyridine rings is 1. The van der Waals surface area contributed by atoms with Crippen molar-refractivity contribution < 1.29 is 9.18 Å². The van der Waals surface area contributed by atoms with Gasteiger partial charge in [0.25, 0.3) is 5.56 Å². The molecule has 0 saturated carbocycles. The van der Waals surface area contributed by atoms with Crippen LogP contribution < -0.4 is 15.8 Å². The lowest BCUT2D eigenvalue weighted by Gasteiger charge is -2.37. The number of hydrogen-bond acceptors (Lipinski definition) is 6. The monoisotopic (exact) mass is 486 g/mol. The van der Waals surface area contributed by atoms with E-state index in [4.69, 9.17) is 0 Å². The van der Waals surface area contributed by atoms with Gasteiger partial charge in [-0.3, -0.25) is 24.0 Å². The number of benzene rings is 2. The minimum absolute atomic E-state index is 0.146. The second kappa shape index (κ2) is 10.7. The van der Waals surface area contributed by atoms with Crippen molar-refractivity contribution in [3.05, 3.63) is 95.1 Å². The molecule has 9 heteroatoms. The first-order chi connectivity index (χ1) is 17.6. The zero-order chi connectivity index (χ0) is 24.9. The van der Waals surface area contributed by atoms with E-state index in [1.807, 2.05) is 36.7 Å². The van der Waals surface area contributed by atoms with Crippen LogP contribution in [0.1, 0.15) is 5.56 Å². The molecule has 2 aromatic carbocycles. The molecule has 0 bridgehead atoms. The van der Waals surface area contributed by atoms with Crippen LogP contribution in [0, 0.1) is 5.82 Å². The third-order valence-corrected chi connectivity index (χ3v) is 6.46. The molecule has 2 aromatic heterocycles. The van der Waals surface area contributed by atoms with Crippen LogP contribution in [-0.4, -0.2) is 58.1 Å². The van der Waals surface area contributed by atoms with E-state index in [-0.39, 0.29) is 17.8 Å². The predicted molar refractivity (Wildman–Crippen MR) is 138 cm³/mol. The van der Waals surface area contributed by atoms with Gasteiger partial charge in [-0.05, 0) is 54.4 Å². The van der Waals surface area contributed by atoms with Gasteiger partial charge in [-0.1, -0.05) is 12.1 Å². The van der Waals surface area contributed by atoms with Gasteiger partial charge in [0.05, 0.1) is 28.6 Å². The molecule has 1 saturated heterocycles. The fourth-order valence-electron chi connectivity index (χ4n) is 4.49. The van der Waals surface area contributed by atoms with Crippen LogP contribution in [0.15, 0.2) is 78.1 Å². The van der Waals surface area contributed by atoms with Gasteiger partial charge in [-0.25, -0.2) is 9.37 Å². The number of rotatable bonds is 7. The minimum atomic E-state index is -0.519. The summed E-state index contributed by atoms with van der Waals surface area (Å²) in [7, 11) is 0. The van der Waals surface area contributed by atoms with E-state index >= 15 is 0 Å². The number of para-hydroxylation sites is 2. The van der Waals surface area contributed by atoms with Crippen LogP contribution in [-0.2, 0) is 17.8 Å². The summed E-state index contributed by atoms with van der Waals surface area (Å²) >= 11 is 0. The van der Waals surface area contributed by atoms with Crippen molar-refractivity contribution in [3.63, 3.8) is 0 Å². The topological polar surface area (TPSA) is 83.4 Å². The fraction of sp³-hybridized carbons (Fsp3) is 0.259. The number of nitrogens with zero attached hydrogens (tertiary/aromatic N) is 5. The van der Waals surface area contributed by atoms with E-state index < -0.39 is 11.4 Å². The minimum Gasteiger partial charge on any atom is -0.367 e. The van der Waals surface area contributed by atoms with Crippen molar-refractivity contribution in [2.24, 2.45) is 0 Å². The van der Waals surface area contributed by atoms with Crippen molar-refractivity contribution in [2.75, 3.05) is 42.9 Å². The van der Waals surface area contributed by atoms with Gasteiger partial charge in [0.2, 0.25) is 5.91 Å². The van der Waals surface area contributed by atoms with Crippen LogP contribution >= 0.6 is 0 Å². The smallest absolute Gasteiger partial charge is 0.261 e. The largest absolute Gasteiger partial charge is 0.367 e. The molecular formula is C27H27FN6O2. The number of halogens is 1. The summed E-state index contributed by atoms with van der Waals surface area (Å²) in [5.74, 6) is -0.868. The summed E-state index contributed by atoms with van der Waals surface area (Å²) in [5.41, 5.74) is 2.87. The van der Waals surface area contributed by atoms with Crippen molar-refractivity contribution in [3.8, 4) is 0 Å². The molecule has 3 heterocycles. The molecule has 8 nitrogen and oxygen atoms in total. The van der Waals surface area contributed by atoms with E-state index in [0.717, 1.165) is 50.9 Å². The van der Waals surface area contributed by atoms with Crippen LogP contribution in [0.2, 0.25) is 0 Å². The quantitative estimate of drug-likeness (QED) is 0.433. The number of aromatic nitrogens is 3. The first-order valence-electron chi connectivity index (χ1n) is 12.0. The highest BCUT2D eigenvalue weighted by Crippen LogP contribution is 2.26.